The Bertz CT molecular complexity index is 430. The second-order valence-corrected chi connectivity index (χ2v) is 42.3. The van der Waals surface area contributed by atoms with Gasteiger partial charge in [-0.3, -0.25) is 0 Å². The number of likely N-dealkylation sites (N-methyl/N-ethyl adjacent to an activating group) is 2. The fraction of sp³-hybridized carbons (Fsp3) is 0.933. The molecule has 3 saturated heterocycles. The van der Waals surface area contributed by atoms with Crippen LogP contribution in [-0.2, 0) is 28.2 Å². The number of hydrogen-bond donors (Lipinski definition) is 3. The van der Waals surface area contributed by atoms with E-state index in [4.69, 9.17) is 10.5 Å². The Morgan fingerprint density at radius 3 is 2.29 bits per heavy atom. The zero-order valence-electron chi connectivity index (χ0n) is 16.1. The number of piperidine rings is 2. The van der Waals surface area contributed by atoms with Gasteiger partial charge < -0.3 is 54.7 Å². The van der Waals surface area contributed by atoms with Crippen molar-refractivity contribution in [1.82, 2.24) is 15.1 Å². The Morgan fingerprint density at radius 1 is 1.21 bits per heavy atom. The molecule has 3 heterocycles. The molecule has 0 bridgehead atoms. The van der Waals surface area contributed by atoms with Crippen LogP contribution >= 0.6 is 59.9 Å². The number of nitrogens with one attached hydrogen (secondary N) is 1. The fourth-order valence-electron chi connectivity index (χ4n) is 3.29. The first-order valence-corrected chi connectivity index (χ1v) is 22.2. The van der Waals surface area contributed by atoms with Crippen LogP contribution in [0.25, 0.3) is 0 Å². The van der Waals surface area contributed by atoms with E-state index in [2.05, 4.69) is 82.1 Å². The number of carbonyl (C=O) groups is 1. The number of nitrogens with two attached hydrogens (primary N) is 1. The second kappa shape index (κ2) is 18.6. The van der Waals surface area contributed by atoms with Gasteiger partial charge in [-0.1, -0.05) is 0 Å². The van der Waals surface area contributed by atoms with Crippen LogP contribution in [0.5, 0.6) is 0 Å². The molecule has 0 saturated carbocycles. The smallest absolute Gasteiger partial charge is 0 e. The van der Waals surface area contributed by atoms with Gasteiger partial charge in [0.2, 0.25) is 0 Å². The number of ether oxygens (including phenoxy) is 1. The van der Waals surface area contributed by atoms with E-state index in [1.165, 1.54) is 0 Å². The molecule has 0 unspecified atom stereocenters. The van der Waals surface area contributed by atoms with Gasteiger partial charge in [0.1, 0.15) is 6.10 Å². The van der Waals surface area contributed by atoms with Crippen LogP contribution in [0.2, 0.25) is 0 Å². The van der Waals surface area contributed by atoms with Gasteiger partial charge >= 0.3 is 71.0 Å². The molecule has 167 valence electrons. The standard InChI is InChI=1S/C8H14N2O2.C7H16N2O.4HI.2V/c1-10-3-2-6-4-9-8(11)12-7(6)5-10;1-9-3-2-6(4-8)7(10)5-9;;;;;;/h6-7H,2-5H2,1H3,(H,9,11);6-7,10H,2-5,8H2,1H3;4*1H;;/q;;;;;;;+3/p-4/t2*6-,7+;;;;;;/m00....../s1. The zero-order valence-corrected chi connectivity index (χ0v) is 27.5. The predicted octanol–water partition coefficient (Wildman–Crippen LogP) is -1.04. The van der Waals surface area contributed by atoms with Crippen molar-refractivity contribution >= 4 is 66.0 Å². The molecule has 4 N–H and O–H groups in total. The van der Waals surface area contributed by atoms with Crippen molar-refractivity contribution < 1.29 is 62.1 Å². The average Bonchev–Trinajstić information content (AvgIpc) is 2.54. The van der Waals surface area contributed by atoms with Crippen LogP contribution in [-0.4, -0.2) is 86.6 Å². The van der Waals surface area contributed by atoms with Crippen molar-refractivity contribution in [2.75, 3.05) is 53.4 Å². The number of β-amino-alcohol motifs (C(OH)–C–C–N with tert-alkyl or cyclic N) is 1. The minimum absolute atomic E-state index is 0. The van der Waals surface area contributed by atoms with E-state index in [9.17, 15) is 9.90 Å². The number of alkyl carbamates (subject to hydrolysis) is 1. The molecule has 0 aromatic rings. The Hall–Kier alpha value is 3.20. The SMILES string of the molecule is CN1CC[C@@H](CN)[C@H](O)C1.CN1CC[C@H]2CNC(=O)O[C@@H]2C1.[I-].[I][V]([I])[I].[V]. The number of amides is 1. The summed E-state index contributed by atoms with van der Waals surface area (Å²) in [6, 6.07) is 0. The monoisotopic (exact) mass is 924 g/mol. The van der Waals surface area contributed by atoms with E-state index in [0.29, 0.717) is 18.4 Å². The van der Waals surface area contributed by atoms with Gasteiger partial charge in [-0.25, -0.2) is 4.79 Å². The number of hydrogen-bond acceptors (Lipinski definition) is 6. The summed E-state index contributed by atoms with van der Waals surface area (Å²) in [5, 5.41) is 12.1. The number of nitrogens with zero attached hydrogens (tertiary/aromatic N) is 2. The molecule has 3 aliphatic heterocycles. The van der Waals surface area contributed by atoms with Crippen LogP contribution in [0.15, 0.2) is 0 Å². The summed E-state index contributed by atoms with van der Waals surface area (Å²) in [6.45, 7) is 5.26. The minimum Gasteiger partial charge on any atom is 0 e. The summed E-state index contributed by atoms with van der Waals surface area (Å²) in [5.41, 5.74) is 5.46. The molecule has 13 heteroatoms. The maximum Gasteiger partial charge on any atom is 0 e. The van der Waals surface area contributed by atoms with Crippen molar-refractivity contribution in [2.45, 2.75) is 25.0 Å². The third-order valence-electron chi connectivity index (χ3n) is 4.89. The third kappa shape index (κ3) is 14.4. The maximum atomic E-state index is 10.9. The molecule has 3 fully saturated rings. The zero-order chi connectivity index (χ0) is 19.7. The molecule has 3 rings (SSSR count). The molecule has 3 aliphatic rings. The van der Waals surface area contributed by atoms with Gasteiger partial charge in [0.15, 0.2) is 0 Å². The Morgan fingerprint density at radius 2 is 1.75 bits per heavy atom. The number of likely N-dealkylation sites (tertiary alicyclic amines) is 2. The molecule has 0 aromatic carbocycles. The summed E-state index contributed by atoms with van der Waals surface area (Å²) < 4.78 is 5.17. The largest absolute Gasteiger partial charge is 0 e. The first kappa shape index (κ1) is 33.4. The predicted molar refractivity (Wildman–Crippen MR) is 127 cm³/mol. The van der Waals surface area contributed by atoms with Gasteiger partial charge in [-0.15, -0.1) is 0 Å². The number of aliphatic hydroxyl groups is 1. The molecule has 1 radical (unpaired) electrons. The Kier molecular flexibility index (Phi) is 22.2. The van der Waals surface area contributed by atoms with Crippen molar-refractivity contribution in [1.29, 1.82) is 0 Å². The van der Waals surface area contributed by atoms with E-state index in [-0.39, 0.29) is 65.8 Å². The molecule has 0 aromatic heterocycles. The number of fused-ring (bicyclic) bond motifs is 1. The summed E-state index contributed by atoms with van der Waals surface area (Å²) in [4.78, 5) is 14.9. The summed E-state index contributed by atoms with van der Waals surface area (Å²) in [6.07, 6.45) is 1.82. The van der Waals surface area contributed by atoms with Gasteiger partial charge in [0.05, 0.1) is 6.10 Å². The minimum atomic E-state index is -0.278. The van der Waals surface area contributed by atoms with Gasteiger partial charge in [0, 0.05) is 44.1 Å². The quantitative estimate of drug-likeness (QED) is 0.292. The molecule has 4 atom stereocenters. The van der Waals surface area contributed by atoms with Crippen LogP contribution in [0.3, 0.4) is 0 Å². The fourth-order valence-corrected chi connectivity index (χ4v) is 3.29. The van der Waals surface area contributed by atoms with Crippen molar-refractivity contribution in [3.05, 3.63) is 0 Å². The van der Waals surface area contributed by atoms with Crippen LogP contribution in [0, 0.1) is 11.8 Å². The van der Waals surface area contributed by atoms with E-state index in [1.807, 2.05) is 7.05 Å². The summed E-state index contributed by atoms with van der Waals surface area (Å²) in [5.74, 6) is 0.857. The van der Waals surface area contributed by atoms with E-state index >= 15 is 0 Å². The maximum absolute atomic E-state index is 10.9. The van der Waals surface area contributed by atoms with Crippen molar-refractivity contribution in [3.8, 4) is 0 Å². The van der Waals surface area contributed by atoms with E-state index in [0.717, 1.165) is 45.6 Å². The van der Waals surface area contributed by atoms with Crippen molar-refractivity contribution in [2.24, 2.45) is 17.6 Å². The van der Waals surface area contributed by atoms with E-state index < -0.39 is 0 Å². The number of aliphatic hydroxyl groups excluding tert-OH is 1. The summed E-state index contributed by atoms with van der Waals surface area (Å²) in [7, 11) is 4.09. The molecular formula is C15H30I4N4O3V2-. The number of carbonyl (C=O) groups excluding carboxylic acids is 1. The van der Waals surface area contributed by atoms with Gasteiger partial charge in [-0.2, -0.15) is 0 Å². The molecular weight excluding hydrogens is 894 g/mol. The molecule has 28 heavy (non-hydrogen) atoms. The molecule has 1 amide bonds. The number of rotatable bonds is 1. The first-order valence-electron chi connectivity index (χ1n) is 8.70. The van der Waals surface area contributed by atoms with Crippen LogP contribution in [0.1, 0.15) is 12.8 Å². The second-order valence-electron chi connectivity index (χ2n) is 6.94. The average molecular weight is 924 g/mol. The molecule has 0 aliphatic carbocycles. The third-order valence-corrected chi connectivity index (χ3v) is 4.89. The van der Waals surface area contributed by atoms with Gasteiger partial charge in [-0.05, 0) is 52.5 Å². The topological polar surface area (TPSA) is 91.1 Å². The van der Waals surface area contributed by atoms with Crippen molar-refractivity contribution in [3.63, 3.8) is 0 Å². The number of halogens is 4. The summed E-state index contributed by atoms with van der Waals surface area (Å²) >= 11 is 7.39. The van der Waals surface area contributed by atoms with Gasteiger partial charge in [0.25, 0.3) is 0 Å². The normalized spacial score (nSPS) is 29.9. The van der Waals surface area contributed by atoms with E-state index in [1.54, 1.807) is 0 Å². The Balaban J connectivity index is 0. The molecule has 0 spiro atoms. The van der Waals surface area contributed by atoms with Crippen LogP contribution < -0.4 is 35.0 Å². The molecule has 7 nitrogen and oxygen atoms in total. The Labute approximate surface area is 235 Å². The first-order chi connectivity index (χ1) is 12.2. The van der Waals surface area contributed by atoms with Crippen LogP contribution in [0.4, 0.5) is 4.79 Å².